The Bertz CT molecular complexity index is 580. The molecule has 2 rings (SSSR count). The summed E-state index contributed by atoms with van der Waals surface area (Å²) in [5, 5.41) is 13.0. The number of hydrogen-bond donors (Lipinski definition) is 2. The van der Waals surface area contributed by atoms with Gasteiger partial charge in [-0.05, 0) is 37.3 Å². The Morgan fingerprint density at radius 2 is 2.21 bits per heavy atom. The van der Waals surface area contributed by atoms with Gasteiger partial charge in [-0.25, -0.2) is 0 Å². The van der Waals surface area contributed by atoms with Crippen molar-refractivity contribution in [1.82, 2.24) is 5.32 Å². The molecule has 0 radical (unpaired) electrons. The molecular weight excluding hydrogens is 266 g/mol. The van der Waals surface area contributed by atoms with Crippen LogP contribution < -0.4 is 5.32 Å². The average Bonchev–Trinajstić information content (AvgIpc) is 2.82. The SMILES string of the molecule is Cc1ccc(C(O)CNC(=O)c2cccc(Cl)c2)o1. The molecule has 0 bridgehead atoms. The highest BCUT2D eigenvalue weighted by Gasteiger charge is 2.13. The molecule has 19 heavy (non-hydrogen) atoms. The topological polar surface area (TPSA) is 62.5 Å². The summed E-state index contributed by atoms with van der Waals surface area (Å²) in [6.45, 7) is 1.87. The van der Waals surface area contributed by atoms with Gasteiger partial charge in [0, 0.05) is 10.6 Å². The average molecular weight is 280 g/mol. The molecule has 2 aromatic rings. The molecule has 0 spiro atoms. The lowest BCUT2D eigenvalue weighted by Crippen LogP contribution is -2.28. The van der Waals surface area contributed by atoms with Crippen LogP contribution in [0.25, 0.3) is 0 Å². The fourth-order valence-corrected chi connectivity index (χ4v) is 1.84. The second-order valence-corrected chi connectivity index (χ2v) is 4.62. The first-order valence-electron chi connectivity index (χ1n) is 5.84. The Morgan fingerprint density at radius 3 is 2.84 bits per heavy atom. The number of nitrogens with one attached hydrogen (secondary N) is 1. The van der Waals surface area contributed by atoms with E-state index in [0.29, 0.717) is 16.3 Å². The van der Waals surface area contributed by atoms with Gasteiger partial charge in [0.2, 0.25) is 0 Å². The third-order valence-corrected chi connectivity index (χ3v) is 2.87. The van der Waals surface area contributed by atoms with E-state index in [1.54, 1.807) is 43.3 Å². The molecular formula is C14H14ClNO3. The van der Waals surface area contributed by atoms with E-state index in [-0.39, 0.29) is 12.5 Å². The zero-order valence-electron chi connectivity index (χ0n) is 10.4. The number of hydrogen-bond acceptors (Lipinski definition) is 3. The summed E-state index contributed by atoms with van der Waals surface area (Å²) >= 11 is 5.81. The van der Waals surface area contributed by atoms with E-state index in [0.717, 1.165) is 5.76 Å². The van der Waals surface area contributed by atoms with Crippen molar-refractivity contribution in [1.29, 1.82) is 0 Å². The van der Waals surface area contributed by atoms with Crippen LogP contribution in [0.2, 0.25) is 5.02 Å². The van der Waals surface area contributed by atoms with Crippen molar-refractivity contribution in [2.24, 2.45) is 0 Å². The fourth-order valence-electron chi connectivity index (χ4n) is 1.65. The van der Waals surface area contributed by atoms with Crippen molar-refractivity contribution in [3.8, 4) is 0 Å². The number of amides is 1. The van der Waals surface area contributed by atoms with E-state index in [2.05, 4.69) is 5.32 Å². The smallest absolute Gasteiger partial charge is 0.251 e. The zero-order chi connectivity index (χ0) is 13.8. The molecule has 0 saturated carbocycles. The van der Waals surface area contributed by atoms with Crippen LogP contribution in [-0.4, -0.2) is 17.6 Å². The van der Waals surface area contributed by atoms with Crippen LogP contribution in [0.1, 0.15) is 28.0 Å². The second-order valence-electron chi connectivity index (χ2n) is 4.18. The molecule has 0 saturated heterocycles. The third-order valence-electron chi connectivity index (χ3n) is 2.63. The van der Waals surface area contributed by atoms with Gasteiger partial charge >= 0.3 is 0 Å². The molecule has 0 aliphatic rings. The lowest BCUT2D eigenvalue weighted by molar-refractivity contribution is 0.0900. The van der Waals surface area contributed by atoms with Crippen molar-refractivity contribution >= 4 is 17.5 Å². The molecule has 0 aliphatic carbocycles. The van der Waals surface area contributed by atoms with Crippen LogP contribution in [0.4, 0.5) is 0 Å². The van der Waals surface area contributed by atoms with Crippen LogP contribution >= 0.6 is 11.6 Å². The number of rotatable bonds is 4. The molecule has 0 fully saturated rings. The summed E-state index contributed by atoms with van der Waals surface area (Å²) in [6, 6.07) is 10.1. The molecule has 1 amide bonds. The number of furan rings is 1. The monoisotopic (exact) mass is 279 g/mol. The molecule has 4 nitrogen and oxygen atoms in total. The third kappa shape index (κ3) is 3.59. The summed E-state index contributed by atoms with van der Waals surface area (Å²) in [7, 11) is 0. The molecule has 1 aromatic carbocycles. The van der Waals surface area contributed by atoms with Gasteiger partial charge in [0.15, 0.2) is 0 Å². The maximum absolute atomic E-state index is 11.8. The summed E-state index contributed by atoms with van der Waals surface area (Å²) in [4.78, 5) is 11.8. The van der Waals surface area contributed by atoms with Crippen LogP contribution in [0.5, 0.6) is 0 Å². The number of carbonyl (C=O) groups excluding carboxylic acids is 1. The lowest BCUT2D eigenvalue weighted by atomic mass is 10.2. The second kappa shape index (κ2) is 5.91. The molecule has 1 heterocycles. The number of halogens is 1. The number of aryl methyl sites for hydroxylation is 1. The van der Waals surface area contributed by atoms with E-state index in [4.69, 9.17) is 16.0 Å². The molecule has 0 aliphatic heterocycles. The normalized spacial score (nSPS) is 12.2. The Morgan fingerprint density at radius 1 is 1.42 bits per heavy atom. The van der Waals surface area contributed by atoms with Gasteiger partial charge in [-0.3, -0.25) is 4.79 Å². The van der Waals surface area contributed by atoms with Crippen molar-refractivity contribution in [3.63, 3.8) is 0 Å². The predicted molar refractivity (Wildman–Crippen MR) is 72.2 cm³/mol. The highest BCUT2D eigenvalue weighted by Crippen LogP contribution is 2.15. The van der Waals surface area contributed by atoms with Gasteiger partial charge in [0.25, 0.3) is 5.91 Å². The first-order chi connectivity index (χ1) is 9.06. The van der Waals surface area contributed by atoms with Crippen LogP contribution in [0, 0.1) is 6.92 Å². The van der Waals surface area contributed by atoms with E-state index >= 15 is 0 Å². The quantitative estimate of drug-likeness (QED) is 0.904. The molecule has 1 unspecified atom stereocenters. The minimum atomic E-state index is -0.864. The lowest BCUT2D eigenvalue weighted by Gasteiger charge is -2.09. The van der Waals surface area contributed by atoms with Crippen LogP contribution in [0.15, 0.2) is 40.8 Å². The van der Waals surface area contributed by atoms with Crippen molar-refractivity contribution in [2.75, 3.05) is 6.54 Å². The first kappa shape index (κ1) is 13.6. The highest BCUT2D eigenvalue weighted by atomic mass is 35.5. The number of aliphatic hydroxyl groups is 1. The van der Waals surface area contributed by atoms with Gasteiger partial charge in [-0.15, -0.1) is 0 Å². The van der Waals surface area contributed by atoms with Crippen molar-refractivity contribution in [3.05, 3.63) is 58.5 Å². The number of carbonyl (C=O) groups is 1. The Kier molecular flexibility index (Phi) is 4.24. The van der Waals surface area contributed by atoms with E-state index in [1.165, 1.54) is 0 Å². The summed E-state index contributed by atoms with van der Waals surface area (Å²) < 4.78 is 5.28. The van der Waals surface area contributed by atoms with Gasteiger partial charge < -0.3 is 14.8 Å². The summed E-state index contributed by atoms with van der Waals surface area (Å²) in [6.07, 6.45) is -0.864. The van der Waals surface area contributed by atoms with E-state index in [1.807, 2.05) is 0 Å². The molecule has 1 atom stereocenters. The summed E-state index contributed by atoms with van der Waals surface area (Å²) in [5.74, 6) is 0.865. The predicted octanol–water partition coefficient (Wildman–Crippen LogP) is 2.70. The van der Waals surface area contributed by atoms with Crippen LogP contribution in [-0.2, 0) is 0 Å². The fraction of sp³-hybridized carbons (Fsp3) is 0.214. The van der Waals surface area contributed by atoms with Gasteiger partial charge in [0.1, 0.15) is 17.6 Å². The van der Waals surface area contributed by atoms with Gasteiger partial charge in [-0.2, -0.15) is 0 Å². The largest absolute Gasteiger partial charge is 0.464 e. The maximum Gasteiger partial charge on any atom is 0.251 e. The van der Waals surface area contributed by atoms with Crippen molar-refractivity contribution in [2.45, 2.75) is 13.0 Å². The number of aliphatic hydroxyl groups excluding tert-OH is 1. The first-order valence-corrected chi connectivity index (χ1v) is 6.22. The number of benzene rings is 1. The van der Waals surface area contributed by atoms with E-state index < -0.39 is 6.10 Å². The van der Waals surface area contributed by atoms with Gasteiger partial charge in [-0.1, -0.05) is 17.7 Å². The van der Waals surface area contributed by atoms with Crippen LogP contribution in [0.3, 0.4) is 0 Å². The Hall–Kier alpha value is -1.78. The minimum absolute atomic E-state index is 0.0816. The maximum atomic E-state index is 11.8. The van der Waals surface area contributed by atoms with E-state index in [9.17, 15) is 9.90 Å². The standard InChI is InChI=1S/C14H14ClNO3/c1-9-5-6-13(19-9)12(17)8-16-14(18)10-3-2-4-11(15)7-10/h2-7,12,17H,8H2,1H3,(H,16,18). The van der Waals surface area contributed by atoms with Gasteiger partial charge in [0.05, 0.1) is 6.54 Å². The Labute approximate surface area is 116 Å². The molecule has 5 heteroatoms. The zero-order valence-corrected chi connectivity index (χ0v) is 11.1. The molecule has 2 N–H and O–H groups in total. The van der Waals surface area contributed by atoms with Crippen molar-refractivity contribution < 1.29 is 14.3 Å². The molecule has 1 aromatic heterocycles. The Balaban J connectivity index is 1.93. The highest BCUT2D eigenvalue weighted by molar-refractivity contribution is 6.30. The minimum Gasteiger partial charge on any atom is -0.464 e. The molecule has 100 valence electrons. The summed E-state index contributed by atoms with van der Waals surface area (Å²) in [5.41, 5.74) is 0.454.